The maximum atomic E-state index is 13.5. The normalized spacial score (nSPS) is 15.7. The van der Waals surface area contributed by atoms with E-state index in [2.05, 4.69) is 31.2 Å². The maximum Gasteiger partial charge on any atom is 0.356 e. The molecule has 1 aliphatic rings. The van der Waals surface area contributed by atoms with Gasteiger partial charge in [-0.15, -0.1) is 0 Å². The molecule has 14 nitrogen and oxygen atoms in total. The van der Waals surface area contributed by atoms with Gasteiger partial charge in [-0.2, -0.15) is 0 Å². The molecule has 1 aromatic heterocycles. The van der Waals surface area contributed by atoms with Crippen molar-refractivity contribution >= 4 is 35.6 Å². The van der Waals surface area contributed by atoms with Crippen LogP contribution in [0.15, 0.2) is 12.4 Å². The predicted molar refractivity (Wildman–Crippen MR) is 146 cm³/mol. The van der Waals surface area contributed by atoms with E-state index >= 15 is 0 Å². The van der Waals surface area contributed by atoms with Crippen molar-refractivity contribution in [3.8, 4) is 0 Å². The molecule has 1 aromatic rings. The van der Waals surface area contributed by atoms with Crippen LogP contribution in [-0.4, -0.2) is 80.4 Å². The first-order valence-electron chi connectivity index (χ1n) is 13.9. The molecule has 0 aliphatic heterocycles. The summed E-state index contributed by atoms with van der Waals surface area (Å²) in [6, 6.07) is -3.70. The number of aromatic carboxylic acids is 1. The molecule has 14 heteroatoms. The maximum absolute atomic E-state index is 13.5. The topological polar surface area (TPSA) is 217 Å². The molecule has 0 aromatic carbocycles. The van der Waals surface area contributed by atoms with E-state index in [0.717, 1.165) is 44.5 Å². The van der Waals surface area contributed by atoms with Gasteiger partial charge in [-0.3, -0.25) is 24.0 Å². The van der Waals surface area contributed by atoms with E-state index in [1.165, 1.54) is 0 Å². The number of carboxylic acid groups (broad SMARTS) is 2. The molecular weight excluding hydrogens is 536 g/mol. The van der Waals surface area contributed by atoms with E-state index in [0.29, 0.717) is 6.54 Å². The Hall–Kier alpha value is -4.10. The molecule has 1 heterocycles. The first-order valence-corrected chi connectivity index (χ1v) is 13.9. The number of rotatable bonds is 15. The highest BCUT2D eigenvalue weighted by Crippen LogP contribution is 2.27. The minimum Gasteiger partial charge on any atom is -0.481 e. The number of carbonyl (C=O) groups excluding carboxylic acids is 4. The summed E-state index contributed by atoms with van der Waals surface area (Å²) < 4.78 is 0. The Kier molecular flexibility index (Phi) is 13.1. The first kappa shape index (κ1) is 33.1. The van der Waals surface area contributed by atoms with Crippen molar-refractivity contribution in [1.82, 2.24) is 31.2 Å². The third-order valence-corrected chi connectivity index (χ3v) is 6.73. The minimum atomic E-state index is -1.54. The van der Waals surface area contributed by atoms with Crippen LogP contribution in [0.5, 0.6) is 0 Å². The van der Waals surface area contributed by atoms with Crippen molar-refractivity contribution in [1.29, 1.82) is 0 Å². The number of hydrogen-bond donors (Lipinski definition) is 6. The second-order valence-electron chi connectivity index (χ2n) is 10.6. The van der Waals surface area contributed by atoms with E-state index < -0.39 is 71.5 Å². The van der Waals surface area contributed by atoms with Crippen LogP contribution < -0.4 is 21.3 Å². The van der Waals surface area contributed by atoms with Crippen molar-refractivity contribution in [3.63, 3.8) is 0 Å². The fraction of sp³-hybridized carbons (Fsp3) is 0.630. The van der Waals surface area contributed by atoms with Crippen molar-refractivity contribution in [2.75, 3.05) is 6.54 Å². The number of aliphatic carboxylic acids is 1. The molecule has 1 aliphatic carbocycles. The average molecular weight is 577 g/mol. The first-order chi connectivity index (χ1) is 19.4. The number of amides is 4. The standard InChI is InChI=1S/C27H40N6O8/c1-4-28-23(36)17(12-15(2)3)31-25(38)19(14-20(34)35)32-24(37)18(13-16-8-6-5-7-9-16)33-26(39)21-22(27(40)41)30-11-10-29-21/h10-11,15-19H,4-9,12-14H2,1-3H3,(H,28,36)(H,31,38)(H,32,37)(H,33,39)(H,34,35)(H,40,41)/t17-,18-,19-/m0/s1. The highest BCUT2D eigenvalue weighted by atomic mass is 16.4. The molecule has 0 bridgehead atoms. The quantitative estimate of drug-likeness (QED) is 0.173. The van der Waals surface area contributed by atoms with Gasteiger partial charge in [-0.1, -0.05) is 46.0 Å². The van der Waals surface area contributed by atoms with Crippen LogP contribution in [-0.2, 0) is 19.2 Å². The largest absolute Gasteiger partial charge is 0.481 e. The summed E-state index contributed by atoms with van der Waals surface area (Å²) in [5.74, 6) is -5.79. The zero-order chi connectivity index (χ0) is 30.5. The molecule has 226 valence electrons. The second-order valence-corrected chi connectivity index (χ2v) is 10.6. The van der Waals surface area contributed by atoms with Crippen LogP contribution in [0.2, 0.25) is 0 Å². The summed E-state index contributed by atoms with van der Waals surface area (Å²) in [5.41, 5.74) is -1.08. The highest BCUT2D eigenvalue weighted by Gasteiger charge is 2.33. The molecule has 0 saturated heterocycles. The van der Waals surface area contributed by atoms with Crippen molar-refractivity contribution in [2.24, 2.45) is 11.8 Å². The fourth-order valence-electron chi connectivity index (χ4n) is 4.80. The molecule has 0 radical (unpaired) electrons. The number of hydrogen-bond acceptors (Lipinski definition) is 8. The summed E-state index contributed by atoms with van der Waals surface area (Å²) in [6.45, 7) is 5.78. The van der Waals surface area contributed by atoms with Crippen molar-refractivity contribution in [2.45, 2.75) is 90.3 Å². The Bertz CT molecular complexity index is 1110. The average Bonchev–Trinajstić information content (AvgIpc) is 2.92. The van der Waals surface area contributed by atoms with E-state index in [1.807, 2.05) is 13.8 Å². The van der Waals surface area contributed by atoms with Crippen molar-refractivity contribution in [3.05, 3.63) is 23.8 Å². The van der Waals surface area contributed by atoms with Gasteiger partial charge >= 0.3 is 11.9 Å². The van der Waals surface area contributed by atoms with Gasteiger partial charge in [-0.05, 0) is 31.6 Å². The molecule has 3 atom stereocenters. The third-order valence-electron chi connectivity index (χ3n) is 6.73. The number of nitrogens with one attached hydrogen (secondary N) is 4. The Morgan fingerprint density at radius 3 is 1.98 bits per heavy atom. The van der Waals surface area contributed by atoms with Gasteiger partial charge < -0.3 is 31.5 Å². The van der Waals surface area contributed by atoms with Gasteiger partial charge in [0.1, 0.15) is 18.1 Å². The fourth-order valence-corrected chi connectivity index (χ4v) is 4.80. The summed E-state index contributed by atoms with van der Waals surface area (Å²) in [6.07, 6.45) is 6.54. The van der Waals surface area contributed by atoms with E-state index in [9.17, 15) is 39.0 Å². The molecule has 6 N–H and O–H groups in total. The van der Waals surface area contributed by atoms with E-state index in [-0.39, 0.29) is 24.7 Å². The zero-order valence-corrected chi connectivity index (χ0v) is 23.6. The molecular formula is C27H40N6O8. The van der Waals surface area contributed by atoms with Crippen LogP contribution in [0.4, 0.5) is 0 Å². The van der Waals surface area contributed by atoms with Crippen molar-refractivity contribution < 1.29 is 39.0 Å². The lowest BCUT2D eigenvalue weighted by Crippen LogP contribution is -2.57. The molecule has 1 saturated carbocycles. The smallest absolute Gasteiger partial charge is 0.356 e. The number of carbonyl (C=O) groups is 6. The van der Waals surface area contributed by atoms with Crippen LogP contribution in [0.25, 0.3) is 0 Å². The van der Waals surface area contributed by atoms with E-state index in [4.69, 9.17) is 0 Å². The van der Waals surface area contributed by atoms with Gasteiger partial charge in [0.25, 0.3) is 5.91 Å². The third kappa shape index (κ3) is 10.8. The Labute approximate surface area is 238 Å². The molecule has 0 spiro atoms. The van der Waals surface area contributed by atoms with Gasteiger partial charge in [0.05, 0.1) is 6.42 Å². The lowest BCUT2D eigenvalue weighted by molar-refractivity contribution is -0.141. The molecule has 1 fully saturated rings. The van der Waals surface area contributed by atoms with E-state index in [1.54, 1.807) is 6.92 Å². The molecule has 0 unspecified atom stereocenters. The zero-order valence-electron chi connectivity index (χ0n) is 23.6. The van der Waals surface area contributed by atoms with Gasteiger partial charge in [0, 0.05) is 18.9 Å². The lowest BCUT2D eigenvalue weighted by Gasteiger charge is -2.28. The Morgan fingerprint density at radius 2 is 1.41 bits per heavy atom. The minimum absolute atomic E-state index is 0.0299. The predicted octanol–water partition coefficient (Wildman–Crippen LogP) is 0.870. The van der Waals surface area contributed by atoms with Gasteiger partial charge in [0.2, 0.25) is 17.7 Å². The summed E-state index contributed by atoms with van der Waals surface area (Å²) >= 11 is 0. The molecule has 41 heavy (non-hydrogen) atoms. The van der Waals surface area contributed by atoms with Crippen LogP contribution in [0, 0.1) is 11.8 Å². The summed E-state index contributed by atoms with van der Waals surface area (Å²) in [4.78, 5) is 82.8. The SMILES string of the molecule is CCNC(=O)[C@H](CC(C)C)NC(=O)[C@H](CC(=O)O)NC(=O)[C@H](CC1CCCCC1)NC(=O)c1nccnc1C(=O)O. The number of carboxylic acids is 2. The summed E-state index contributed by atoms with van der Waals surface area (Å²) in [5, 5.41) is 29.0. The number of likely N-dealkylation sites (N-methyl/N-ethyl adjacent to an activating group) is 1. The Balaban J connectivity index is 2.29. The van der Waals surface area contributed by atoms with Gasteiger partial charge in [0.15, 0.2) is 11.4 Å². The van der Waals surface area contributed by atoms with Crippen LogP contribution in [0.1, 0.15) is 93.1 Å². The lowest BCUT2D eigenvalue weighted by atomic mass is 9.84. The Morgan fingerprint density at radius 1 is 0.829 bits per heavy atom. The molecule has 2 rings (SSSR count). The summed E-state index contributed by atoms with van der Waals surface area (Å²) in [7, 11) is 0. The van der Waals surface area contributed by atoms with Crippen LogP contribution in [0.3, 0.4) is 0 Å². The molecule has 4 amide bonds. The number of nitrogens with zero attached hydrogens (tertiary/aromatic N) is 2. The van der Waals surface area contributed by atoms with Crippen LogP contribution >= 0.6 is 0 Å². The monoisotopic (exact) mass is 576 g/mol. The number of aromatic nitrogens is 2. The van der Waals surface area contributed by atoms with Gasteiger partial charge in [-0.25, -0.2) is 14.8 Å². The highest BCUT2D eigenvalue weighted by molar-refractivity contribution is 6.04. The second kappa shape index (κ2) is 16.2.